The Morgan fingerprint density at radius 2 is 1.88 bits per heavy atom. The molecule has 0 radical (unpaired) electrons. The summed E-state index contributed by atoms with van der Waals surface area (Å²) in [4.78, 5) is 17.6. The lowest BCUT2D eigenvalue weighted by atomic mass is 9.93. The molecular weight excluding hydrogens is 300 g/mol. The van der Waals surface area contributed by atoms with Crippen LogP contribution in [0.15, 0.2) is 24.3 Å². The summed E-state index contributed by atoms with van der Waals surface area (Å²) in [5.41, 5.74) is 9.09. The standard InChI is InChI=1S/C19H28N4O/c1-13-3-6-15(7-4-13)17-9-18(21-20-17)19(24)23-11-14-5-8-16(23)12-22(2)10-14/h3-4,6-7,14,16-18,20-21H,5,8-12H2,1-2H3/t14-,16+,17?,18?/m1/s1. The molecule has 1 amide bonds. The van der Waals surface area contributed by atoms with Crippen LogP contribution in [0, 0.1) is 12.8 Å². The van der Waals surface area contributed by atoms with Crippen LogP contribution in [0.1, 0.15) is 36.4 Å². The summed E-state index contributed by atoms with van der Waals surface area (Å²) in [5, 5.41) is 0. The first-order chi connectivity index (χ1) is 11.6. The van der Waals surface area contributed by atoms with Crippen LogP contribution in [0.4, 0.5) is 0 Å². The maximum Gasteiger partial charge on any atom is 0.241 e. The summed E-state index contributed by atoms with van der Waals surface area (Å²) in [5.74, 6) is 0.919. The highest BCUT2D eigenvalue weighted by atomic mass is 16.2. The topological polar surface area (TPSA) is 47.6 Å². The van der Waals surface area contributed by atoms with E-state index in [0.29, 0.717) is 12.0 Å². The van der Waals surface area contributed by atoms with Crippen molar-refractivity contribution in [3.63, 3.8) is 0 Å². The van der Waals surface area contributed by atoms with Gasteiger partial charge in [0.1, 0.15) is 6.04 Å². The molecule has 1 aromatic carbocycles. The van der Waals surface area contributed by atoms with Gasteiger partial charge in [-0.05, 0) is 44.7 Å². The van der Waals surface area contributed by atoms with Crippen molar-refractivity contribution >= 4 is 5.91 Å². The van der Waals surface area contributed by atoms with Crippen molar-refractivity contribution in [2.45, 2.75) is 44.3 Å². The lowest BCUT2D eigenvalue weighted by Gasteiger charge is -2.37. The van der Waals surface area contributed by atoms with Crippen molar-refractivity contribution in [2.75, 3.05) is 26.7 Å². The first kappa shape index (κ1) is 16.1. The van der Waals surface area contributed by atoms with Crippen LogP contribution in [0.25, 0.3) is 0 Å². The summed E-state index contributed by atoms with van der Waals surface area (Å²) >= 11 is 0. The number of fused-ring (bicyclic) bond motifs is 4. The maximum absolute atomic E-state index is 13.1. The molecule has 5 nitrogen and oxygen atoms in total. The Labute approximate surface area is 144 Å². The third-order valence-corrected chi connectivity index (χ3v) is 5.86. The Hall–Kier alpha value is -1.43. The highest BCUT2D eigenvalue weighted by molar-refractivity contribution is 5.82. The predicted octanol–water partition coefficient (Wildman–Crippen LogP) is 1.46. The van der Waals surface area contributed by atoms with Gasteiger partial charge >= 0.3 is 0 Å². The minimum atomic E-state index is -0.110. The van der Waals surface area contributed by atoms with E-state index in [1.54, 1.807) is 0 Å². The van der Waals surface area contributed by atoms with E-state index in [-0.39, 0.29) is 18.0 Å². The predicted molar refractivity (Wildman–Crippen MR) is 94.3 cm³/mol. The van der Waals surface area contributed by atoms with Gasteiger partial charge in [-0.1, -0.05) is 29.8 Å². The normalized spacial score (nSPS) is 33.7. The van der Waals surface area contributed by atoms with Crippen LogP contribution in [0.3, 0.4) is 0 Å². The second-order valence-corrected chi connectivity index (χ2v) is 7.85. The molecule has 24 heavy (non-hydrogen) atoms. The van der Waals surface area contributed by atoms with Crippen LogP contribution in [0.2, 0.25) is 0 Å². The first-order valence-electron chi connectivity index (χ1n) is 9.17. The van der Waals surface area contributed by atoms with Gasteiger partial charge in [0, 0.05) is 31.7 Å². The Kier molecular flexibility index (Phi) is 4.33. The second-order valence-electron chi connectivity index (χ2n) is 7.85. The Balaban J connectivity index is 1.43. The molecule has 5 rings (SSSR count). The Morgan fingerprint density at radius 3 is 2.67 bits per heavy atom. The van der Waals surface area contributed by atoms with Gasteiger partial charge in [0.15, 0.2) is 0 Å². The number of benzene rings is 1. The lowest BCUT2D eigenvalue weighted by Crippen LogP contribution is -2.53. The Morgan fingerprint density at radius 1 is 1.08 bits per heavy atom. The molecule has 4 saturated heterocycles. The van der Waals surface area contributed by atoms with E-state index in [1.807, 2.05) is 0 Å². The fourth-order valence-electron chi connectivity index (χ4n) is 4.52. The number of amides is 1. The summed E-state index contributed by atoms with van der Waals surface area (Å²) in [6.07, 6.45) is 3.25. The van der Waals surface area contributed by atoms with Gasteiger partial charge in [-0.2, -0.15) is 0 Å². The molecule has 5 heteroatoms. The number of likely N-dealkylation sites (N-methyl/N-ethyl adjacent to an activating group) is 1. The lowest BCUT2D eigenvalue weighted by molar-refractivity contribution is -0.137. The average molecular weight is 328 g/mol. The number of aryl methyl sites for hydroxylation is 1. The number of rotatable bonds is 2. The number of hydrogen-bond donors (Lipinski definition) is 2. The minimum absolute atomic E-state index is 0.110. The Bertz CT molecular complexity index is 602. The van der Waals surface area contributed by atoms with E-state index >= 15 is 0 Å². The van der Waals surface area contributed by atoms with Crippen molar-refractivity contribution in [1.82, 2.24) is 20.7 Å². The molecule has 0 saturated carbocycles. The monoisotopic (exact) mass is 328 g/mol. The van der Waals surface area contributed by atoms with Gasteiger partial charge in [-0.3, -0.25) is 4.79 Å². The molecule has 4 aliphatic rings. The zero-order valence-electron chi connectivity index (χ0n) is 14.7. The van der Waals surface area contributed by atoms with Crippen molar-refractivity contribution < 1.29 is 4.79 Å². The van der Waals surface area contributed by atoms with Crippen LogP contribution >= 0.6 is 0 Å². The summed E-state index contributed by atoms with van der Waals surface area (Å²) in [7, 11) is 2.18. The van der Waals surface area contributed by atoms with Crippen molar-refractivity contribution in [3.05, 3.63) is 35.4 Å². The number of carbonyl (C=O) groups excluding carboxylic acids is 1. The molecule has 4 fully saturated rings. The SMILES string of the molecule is Cc1ccc(C2CC(C(=O)N3C[C@@H]4CC[C@H]3CN(C)C4)NN2)cc1. The third-order valence-electron chi connectivity index (χ3n) is 5.86. The molecule has 1 aromatic rings. The van der Waals surface area contributed by atoms with Crippen molar-refractivity contribution in [3.8, 4) is 0 Å². The quantitative estimate of drug-likeness (QED) is 0.863. The van der Waals surface area contributed by atoms with Crippen molar-refractivity contribution in [1.29, 1.82) is 0 Å². The summed E-state index contributed by atoms with van der Waals surface area (Å²) in [6, 6.07) is 9.08. The van der Waals surface area contributed by atoms with Crippen LogP contribution < -0.4 is 10.9 Å². The van der Waals surface area contributed by atoms with E-state index in [2.05, 4.69) is 58.9 Å². The summed E-state index contributed by atoms with van der Waals surface area (Å²) < 4.78 is 0. The smallest absolute Gasteiger partial charge is 0.241 e. The average Bonchev–Trinajstić information content (AvgIpc) is 2.92. The highest BCUT2D eigenvalue weighted by Crippen LogP contribution is 2.30. The number of nitrogens with zero attached hydrogens (tertiary/aromatic N) is 2. The zero-order chi connectivity index (χ0) is 16.7. The van der Waals surface area contributed by atoms with E-state index in [4.69, 9.17) is 0 Å². The van der Waals surface area contributed by atoms with Gasteiger partial charge in [0.05, 0.1) is 0 Å². The number of hydrazine groups is 1. The number of nitrogens with one attached hydrogen (secondary N) is 2. The molecule has 130 valence electrons. The third kappa shape index (κ3) is 3.08. The van der Waals surface area contributed by atoms with E-state index in [1.165, 1.54) is 17.5 Å². The molecule has 4 heterocycles. The van der Waals surface area contributed by atoms with Gasteiger partial charge < -0.3 is 9.80 Å². The molecule has 4 aliphatic heterocycles. The zero-order valence-corrected chi connectivity index (χ0v) is 14.7. The second kappa shape index (κ2) is 6.47. The first-order valence-corrected chi connectivity index (χ1v) is 9.17. The molecule has 2 unspecified atom stereocenters. The van der Waals surface area contributed by atoms with Gasteiger partial charge in [0.2, 0.25) is 5.91 Å². The molecule has 4 atom stereocenters. The van der Waals surface area contributed by atoms with Gasteiger partial charge in [0.25, 0.3) is 0 Å². The van der Waals surface area contributed by atoms with Crippen LogP contribution in [-0.2, 0) is 4.79 Å². The maximum atomic E-state index is 13.1. The molecule has 0 spiro atoms. The van der Waals surface area contributed by atoms with Gasteiger partial charge in [-0.25, -0.2) is 10.9 Å². The molecule has 0 aromatic heterocycles. The number of hydrogen-bond acceptors (Lipinski definition) is 4. The largest absolute Gasteiger partial charge is 0.337 e. The van der Waals surface area contributed by atoms with Crippen molar-refractivity contribution in [2.24, 2.45) is 5.92 Å². The van der Waals surface area contributed by atoms with E-state index in [9.17, 15) is 4.79 Å². The fraction of sp³-hybridized carbons (Fsp3) is 0.632. The molecule has 2 N–H and O–H groups in total. The number of carbonyl (C=O) groups is 1. The highest BCUT2D eigenvalue weighted by Gasteiger charge is 2.40. The van der Waals surface area contributed by atoms with Gasteiger partial charge in [-0.15, -0.1) is 0 Å². The molecule has 0 aliphatic carbocycles. The molecule has 2 bridgehead atoms. The van der Waals surface area contributed by atoms with E-state index in [0.717, 1.165) is 32.5 Å². The minimum Gasteiger partial charge on any atom is -0.337 e. The van der Waals surface area contributed by atoms with Crippen LogP contribution in [0.5, 0.6) is 0 Å². The fourth-order valence-corrected chi connectivity index (χ4v) is 4.52. The number of piperidine rings is 1. The molecular formula is C19H28N4O. The van der Waals surface area contributed by atoms with E-state index < -0.39 is 0 Å². The summed E-state index contributed by atoms with van der Waals surface area (Å²) in [6.45, 7) is 5.18. The van der Waals surface area contributed by atoms with Crippen LogP contribution in [-0.4, -0.2) is 54.5 Å².